The van der Waals surface area contributed by atoms with Crippen LogP contribution in [0.3, 0.4) is 0 Å². The average molecular weight is 470 g/mol. The fourth-order valence-corrected chi connectivity index (χ4v) is 4.54. The summed E-state index contributed by atoms with van der Waals surface area (Å²) in [6.45, 7) is 4.48. The molecule has 2 rings (SSSR count). The summed E-state index contributed by atoms with van der Waals surface area (Å²) in [5, 5.41) is 9.58. The first-order chi connectivity index (χ1) is 13.2. The molecule has 0 amide bonds. The summed E-state index contributed by atoms with van der Waals surface area (Å²) in [6.07, 6.45) is 2.42. The van der Waals surface area contributed by atoms with E-state index in [0.717, 1.165) is 17.1 Å². The topological polar surface area (TPSA) is 83.9 Å². The highest BCUT2D eigenvalue weighted by atomic mass is 79.9. The highest BCUT2D eigenvalue weighted by Gasteiger charge is 2.27. The number of hydrogen-bond acceptors (Lipinski definition) is 4. The van der Waals surface area contributed by atoms with Gasteiger partial charge in [-0.15, -0.1) is 0 Å². The zero-order chi connectivity index (χ0) is 20.9. The van der Waals surface area contributed by atoms with Crippen molar-refractivity contribution in [3.63, 3.8) is 0 Å². The van der Waals surface area contributed by atoms with Crippen molar-refractivity contribution in [2.75, 3.05) is 18.0 Å². The first-order valence-electron chi connectivity index (χ1n) is 8.99. The van der Waals surface area contributed by atoms with Crippen LogP contribution in [-0.2, 0) is 16.4 Å². The number of benzene rings is 2. The average Bonchev–Trinajstić information content (AvgIpc) is 2.67. The standard InChI is InChI=1S/C20H24BrNO5S/c1-4-6-11-27-16-7-9-17(10-8-16)28(25,26)22(3)19-14(5-2)12-15(21)13-18(19)20(23)24/h7-10,12-13H,4-6,11H2,1-3H3,(H,23,24). The molecule has 0 aliphatic carbocycles. The zero-order valence-electron chi connectivity index (χ0n) is 16.1. The van der Waals surface area contributed by atoms with Crippen molar-refractivity contribution in [1.29, 1.82) is 0 Å². The first kappa shape index (κ1) is 22.2. The molecule has 28 heavy (non-hydrogen) atoms. The molecule has 0 spiro atoms. The predicted molar refractivity (Wildman–Crippen MR) is 113 cm³/mol. The van der Waals surface area contributed by atoms with Gasteiger partial charge in [-0.05, 0) is 54.8 Å². The number of anilines is 1. The molecular weight excluding hydrogens is 446 g/mol. The smallest absolute Gasteiger partial charge is 0.337 e. The number of rotatable bonds is 9. The quantitative estimate of drug-likeness (QED) is 0.537. The van der Waals surface area contributed by atoms with Gasteiger partial charge >= 0.3 is 5.97 Å². The van der Waals surface area contributed by atoms with Crippen molar-refractivity contribution in [3.8, 4) is 5.75 Å². The van der Waals surface area contributed by atoms with Gasteiger partial charge in [-0.25, -0.2) is 13.2 Å². The molecule has 1 N–H and O–H groups in total. The molecule has 0 saturated heterocycles. The Kier molecular flexibility index (Phi) is 7.48. The van der Waals surface area contributed by atoms with E-state index in [2.05, 4.69) is 22.9 Å². The van der Waals surface area contributed by atoms with Crippen molar-refractivity contribution in [2.45, 2.75) is 38.0 Å². The number of nitrogens with zero attached hydrogens (tertiary/aromatic N) is 1. The van der Waals surface area contributed by atoms with Gasteiger partial charge in [0, 0.05) is 11.5 Å². The second-order valence-electron chi connectivity index (χ2n) is 6.27. The molecular formula is C20H24BrNO5S. The maximum Gasteiger partial charge on any atom is 0.337 e. The van der Waals surface area contributed by atoms with E-state index in [1.54, 1.807) is 18.2 Å². The molecule has 0 radical (unpaired) electrons. The van der Waals surface area contributed by atoms with Crippen LogP contribution in [0.4, 0.5) is 5.69 Å². The largest absolute Gasteiger partial charge is 0.494 e. The van der Waals surface area contributed by atoms with E-state index >= 15 is 0 Å². The zero-order valence-corrected chi connectivity index (χ0v) is 18.5. The number of carboxylic acids is 1. The lowest BCUT2D eigenvalue weighted by molar-refractivity contribution is 0.0697. The summed E-state index contributed by atoms with van der Waals surface area (Å²) >= 11 is 3.29. The summed E-state index contributed by atoms with van der Waals surface area (Å²) in [5.41, 5.74) is 0.718. The van der Waals surface area contributed by atoms with Gasteiger partial charge in [0.1, 0.15) is 5.75 Å². The first-order valence-corrected chi connectivity index (χ1v) is 11.2. The van der Waals surface area contributed by atoms with Crippen LogP contribution in [0.25, 0.3) is 0 Å². The van der Waals surface area contributed by atoms with E-state index in [9.17, 15) is 18.3 Å². The minimum absolute atomic E-state index is 0.0687. The Morgan fingerprint density at radius 1 is 1.18 bits per heavy atom. The lowest BCUT2D eigenvalue weighted by Gasteiger charge is -2.24. The van der Waals surface area contributed by atoms with Gasteiger partial charge in [0.2, 0.25) is 0 Å². The van der Waals surface area contributed by atoms with Crippen molar-refractivity contribution >= 4 is 37.6 Å². The molecule has 0 bridgehead atoms. The molecule has 0 saturated carbocycles. The third-order valence-electron chi connectivity index (χ3n) is 4.33. The van der Waals surface area contributed by atoms with Crippen LogP contribution in [-0.4, -0.2) is 33.1 Å². The minimum Gasteiger partial charge on any atom is -0.494 e. The van der Waals surface area contributed by atoms with E-state index in [0.29, 0.717) is 28.8 Å². The molecule has 0 unspecified atom stereocenters. The Labute approximate surface area is 174 Å². The summed E-state index contributed by atoms with van der Waals surface area (Å²) in [4.78, 5) is 11.8. The lowest BCUT2D eigenvalue weighted by Crippen LogP contribution is -2.29. The molecule has 0 aromatic heterocycles. The molecule has 6 nitrogen and oxygen atoms in total. The molecule has 0 aliphatic heterocycles. The van der Waals surface area contributed by atoms with Crippen LogP contribution >= 0.6 is 15.9 Å². The maximum atomic E-state index is 13.1. The predicted octanol–water partition coefficient (Wildman–Crippen LogP) is 4.71. The van der Waals surface area contributed by atoms with E-state index in [-0.39, 0.29) is 16.1 Å². The molecule has 0 aliphatic rings. The second-order valence-corrected chi connectivity index (χ2v) is 9.15. The summed E-state index contributed by atoms with van der Waals surface area (Å²) in [6, 6.07) is 9.30. The number of carboxylic acid groups (broad SMARTS) is 1. The molecule has 2 aromatic carbocycles. The fraction of sp³-hybridized carbons (Fsp3) is 0.350. The number of halogens is 1. The number of carbonyl (C=O) groups is 1. The van der Waals surface area contributed by atoms with Crippen LogP contribution in [0, 0.1) is 0 Å². The summed E-state index contributed by atoms with van der Waals surface area (Å²) in [5.74, 6) is -0.591. The molecule has 0 fully saturated rings. The van der Waals surface area contributed by atoms with Crippen LogP contribution < -0.4 is 9.04 Å². The van der Waals surface area contributed by atoms with Crippen LogP contribution in [0.15, 0.2) is 45.8 Å². The highest BCUT2D eigenvalue weighted by molar-refractivity contribution is 9.10. The van der Waals surface area contributed by atoms with Gasteiger partial charge in [0.15, 0.2) is 0 Å². The number of unbranched alkanes of at least 4 members (excludes halogenated alkanes) is 1. The van der Waals surface area contributed by atoms with Crippen molar-refractivity contribution in [2.24, 2.45) is 0 Å². The van der Waals surface area contributed by atoms with Crippen molar-refractivity contribution in [3.05, 3.63) is 52.0 Å². The lowest BCUT2D eigenvalue weighted by atomic mass is 10.1. The van der Waals surface area contributed by atoms with Gasteiger partial charge in [-0.3, -0.25) is 4.31 Å². The number of aryl methyl sites for hydroxylation is 1. The van der Waals surface area contributed by atoms with Gasteiger partial charge in [0.05, 0.1) is 22.8 Å². The number of ether oxygens (including phenoxy) is 1. The van der Waals surface area contributed by atoms with E-state index < -0.39 is 16.0 Å². The van der Waals surface area contributed by atoms with Gasteiger partial charge in [-0.1, -0.05) is 36.2 Å². The number of aromatic carboxylic acids is 1. The number of hydrogen-bond donors (Lipinski definition) is 1. The molecule has 0 heterocycles. The monoisotopic (exact) mass is 469 g/mol. The Morgan fingerprint density at radius 2 is 1.82 bits per heavy atom. The van der Waals surface area contributed by atoms with Crippen molar-refractivity contribution in [1.82, 2.24) is 0 Å². The maximum absolute atomic E-state index is 13.1. The van der Waals surface area contributed by atoms with Gasteiger partial charge < -0.3 is 9.84 Å². The van der Waals surface area contributed by atoms with Gasteiger partial charge in [0.25, 0.3) is 10.0 Å². The Bertz CT molecular complexity index is 942. The Hall–Kier alpha value is -2.06. The number of sulfonamides is 1. The van der Waals surface area contributed by atoms with Gasteiger partial charge in [-0.2, -0.15) is 0 Å². The Morgan fingerprint density at radius 3 is 2.36 bits per heavy atom. The van der Waals surface area contributed by atoms with Crippen molar-refractivity contribution < 1.29 is 23.1 Å². The normalized spacial score (nSPS) is 11.3. The van der Waals surface area contributed by atoms with E-state index in [4.69, 9.17) is 4.74 Å². The summed E-state index contributed by atoms with van der Waals surface area (Å²) in [7, 11) is -2.57. The third kappa shape index (κ3) is 4.86. The second kappa shape index (κ2) is 9.43. The Balaban J connectivity index is 2.43. The molecule has 0 atom stereocenters. The molecule has 2 aromatic rings. The SMILES string of the molecule is CCCCOc1ccc(S(=O)(=O)N(C)c2c(CC)cc(Br)cc2C(=O)O)cc1. The van der Waals surface area contributed by atoms with Crippen LogP contribution in [0.5, 0.6) is 5.75 Å². The third-order valence-corrected chi connectivity index (χ3v) is 6.56. The van der Waals surface area contributed by atoms with E-state index in [1.165, 1.54) is 25.2 Å². The summed E-state index contributed by atoms with van der Waals surface area (Å²) < 4.78 is 33.4. The minimum atomic E-state index is -3.94. The van der Waals surface area contributed by atoms with Crippen LogP contribution in [0.1, 0.15) is 42.6 Å². The molecule has 8 heteroatoms. The van der Waals surface area contributed by atoms with E-state index in [1.807, 2.05) is 6.92 Å². The highest BCUT2D eigenvalue weighted by Crippen LogP contribution is 2.33. The fourth-order valence-electron chi connectivity index (χ4n) is 2.78. The molecule has 152 valence electrons. The van der Waals surface area contributed by atoms with Crippen LogP contribution in [0.2, 0.25) is 0 Å².